The summed E-state index contributed by atoms with van der Waals surface area (Å²) >= 11 is 0. The fraction of sp³-hybridized carbons (Fsp3) is 0.312. The number of fused-ring (bicyclic) bond motifs is 1. The number of ether oxygens (including phenoxy) is 2. The van der Waals surface area contributed by atoms with Crippen LogP contribution in [0.5, 0.6) is 5.75 Å². The van der Waals surface area contributed by atoms with Gasteiger partial charge in [-0.05, 0) is 26.9 Å². The minimum Gasteiger partial charge on any atom is -0.461 e. The smallest absolute Gasteiger partial charge is 0.261 e. The number of hydrogen-bond donors (Lipinski definition) is 3. The maximum Gasteiger partial charge on any atom is 0.261 e. The highest BCUT2D eigenvalue weighted by atomic mass is 28.4. The topological polar surface area (TPSA) is 88.4 Å². The molecule has 5 atom stereocenters. The molecule has 0 radical (unpaired) electrons. The van der Waals surface area contributed by atoms with E-state index >= 15 is 0 Å². The molecule has 0 amide bonds. The SMILES string of the molecule is CC(C)(C)[Si](OCC1OC(Oc2cccc3ccccc23)C(O)C(O)C1O)(c1ccccc1)c1ccccc1. The van der Waals surface area contributed by atoms with Crippen molar-refractivity contribution in [2.45, 2.75) is 56.5 Å². The van der Waals surface area contributed by atoms with Crippen LogP contribution in [0.3, 0.4) is 0 Å². The van der Waals surface area contributed by atoms with Crippen molar-refractivity contribution >= 4 is 29.5 Å². The first-order valence-electron chi connectivity index (χ1n) is 13.3. The van der Waals surface area contributed by atoms with E-state index in [1.54, 1.807) is 6.07 Å². The third-order valence-electron chi connectivity index (χ3n) is 7.54. The van der Waals surface area contributed by atoms with Crippen LogP contribution in [0.4, 0.5) is 0 Å². The van der Waals surface area contributed by atoms with Crippen LogP contribution >= 0.6 is 0 Å². The minimum atomic E-state index is -2.91. The van der Waals surface area contributed by atoms with Crippen molar-refractivity contribution in [1.82, 2.24) is 0 Å². The molecule has 0 aromatic heterocycles. The number of aliphatic hydroxyl groups is 3. The highest BCUT2D eigenvalue weighted by Crippen LogP contribution is 2.37. The highest BCUT2D eigenvalue weighted by Gasteiger charge is 2.52. The monoisotopic (exact) mass is 544 g/mol. The lowest BCUT2D eigenvalue weighted by Gasteiger charge is -2.45. The van der Waals surface area contributed by atoms with Gasteiger partial charge >= 0.3 is 0 Å². The first-order valence-corrected chi connectivity index (χ1v) is 15.2. The number of aliphatic hydroxyl groups excluding tert-OH is 3. The Morgan fingerprint density at radius 1 is 0.692 bits per heavy atom. The van der Waals surface area contributed by atoms with Crippen molar-refractivity contribution in [2.24, 2.45) is 0 Å². The molecule has 6 nitrogen and oxygen atoms in total. The van der Waals surface area contributed by atoms with Crippen molar-refractivity contribution in [3.8, 4) is 5.75 Å². The van der Waals surface area contributed by atoms with Crippen molar-refractivity contribution < 1.29 is 29.2 Å². The van der Waals surface area contributed by atoms with Gasteiger partial charge in [-0.25, -0.2) is 0 Å². The molecule has 1 fully saturated rings. The summed E-state index contributed by atoms with van der Waals surface area (Å²) in [6.07, 6.45) is -6.38. The fourth-order valence-electron chi connectivity index (χ4n) is 5.54. The summed E-state index contributed by atoms with van der Waals surface area (Å²) in [6, 6.07) is 33.7. The molecule has 4 aromatic rings. The molecule has 204 valence electrons. The third-order valence-corrected chi connectivity index (χ3v) is 12.5. The molecule has 1 heterocycles. The molecule has 5 unspecified atom stereocenters. The zero-order chi connectivity index (χ0) is 27.6. The Morgan fingerprint density at radius 3 is 1.87 bits per heavy atom. The second-order valence-corrected chi connectivity index (χ2v) is 15.4. The quantitative estimate of drug-likeness (QED) is 0.308. The van der Waals surface area contributed by atoms with E-state index in [1.807, 2.05) is 72.8 Å². The van der Waals surface area contributed by atoms with Crippen LogP contribution < -0.4 is 15.1 Å². The van der Waals surface area contributed by atoms with Crippen LogP contribution in [0, 0.1) is 0 Å². The Bertz CT molecular complexity index is 1330. The molecule has 0 saturated carbocycles. The van der Waals surface area contributed by atoms with Gasteiger partial charge in [-0.2, -0.15) is 0 Å². The molecule has 0 bridgehead atoms. The first kappa shape index (κ1) is 27.5. The van der Waals surface area contributed by atoms with E-state index in [-0.39, 0.29) is 11.6 Å². The summed E-state index contributed by atoms with van der Waals surface area (Å²) in [5.41, 5.74) is 0. The summed E-state index contributed by atoms with van der Waals surface area (Å²) in [5.74, 6) is 0.521. The summed E-state index contributed by atoms with van der Waals surface area (Å²) in [6.45, 7) is 6.51. The number of rotatable bonds is 7. The van der Waals surface area contributed by atoms with Gasteiger partial charge in [0.2, 0.25) is 6.29 Å². The van der Waals surface area contributed by atoms with E-state index in [1.165, 1.54) is 0 Å². The summed E-state index contributed by atoms with van der Waals surface area (Å²) in [7, 11) is -2.91. The zero-order valence-corrected chi connectivity index (χ0v) is 23.5. The molecule has 3 N–H and O–H groups in total. The second-order valence-electron chi connectivity index (χ2n) is 11.1. The van der Waals surface area contributed by atoms with Crippen molar-refractivity contribution in [2.75, 3.05) is 6.61 Å². The fourth-order valence-corrected chi connectivity index (χ4v) is 10.1. The van der Waals surface area contributed by atoms with Crippen LogP contribution in [0.25, 0.3) is 10.8 Å². The average molecular weight is 545 g/mol. The van der Waals surface area contributed by atoms with Crippen molar-refractivity contribution in [3.05, 3.63) is 103 Å². The van der Waals surface area contributed by atoms with E-state index in [0.29, 0.717) is 5.75 Å². The van der Waals surface area contributed by atoms with Crippen LogP contribution in [0.1, 0.15) is 20.8 Å². The Labute approximate surface area is 230 Å². The van der Waals surface area contributed by atoms with Gasteiger partial charge in [0.05, 0.1) is 6.61 Å². The first-order chi connectivity index (χ1) is 18.7. The van der Waals surface area contributed by atoms with Crippen LogP contribution in [0.15, 0.2) is 103 Å². The van der Waals surface area contributed by atoms with Gasteiger partial charge in [0.1, 0.15) is 30.2 Å². The van der Waals surface area contributed by atoms with E-state index in [4.69, 9.17) is 13.9 Å². The molecule has 39 heavy (non-hydrogen) atoms. The number of benzene rings is 4. The van der Waals surface area contributed by atoms with Gasteiger partial charge in [0.25, 0.3) is 8.32 Å². The lowest BCUT2D eigenvalue weighted by atomic mass is 9.99. The highest BCUT2D eigenvalue weighted by molar-refractivity contribution is 6.99. The maximum atomic E-state index is 10.9. The minimum absolute atomic E-state index is 0.00756. The molecule has 0 spiro atoms. The van der Waals surface area contributed by atoms with Gasteiger partial charge in [-0.15, -0.1) is 0 Å². The molecule has 1 saturated heterocycles. The van der Waals surface area contributed by atoms with Gasteiger partial charge in [0.15, 0.2) is 0 Å². The van der Waals surface area contributed by atoms with Crippen molar-refractivity contribution in [3.63, 3.8) is 0 Å². The zero-order valence-electron chi connectivity index (χ0n) is 22.5. The summed E-state index contributed by atoms with van der Waals surface area (Å²) in [4.78, 5) is 0. The average Bonchev–Trinajstić information content (AvgIpc) is 2.95. The standard InChI is InChI=1S/C32H36O6Si/c1-32(2,3)39(23-15-6-4-7-16-23,24-17-8-5-9-18-24)36-21-27-28(33)29(34)30(35)31(38-27)37-26-20-12-14-22-13-10-11-19-25(22)26/h4-20,27-31,33-35H,21H2,1-3H3. The molecular formula is C32H36O6Si. The van der Waals surface area contributed by atoms with Gasteiger partial charge < -0.3 is 29.2 Å². The summed E-state index contributed by atoms with van der Waals surface area (Å²) in [5, 5.41) is 36.3. The van der Waals surface area contributed by atoms with E-state index in [9.17, 15) is 15.3 Å². The maximum absolute atomic E-state index is 10.9. The van der Waals surface area contributed by atoms with Crippen LogP contribution in [0.2, 0.25) is 5.04 Å². The lowest BCUT2D eigenvalue weighted by Crippen LogP contribution is -2.68. The van der Waals surface area contributed by atoms with E-state index in [2.05, 4.69) is 45.0 Å². The molecule has 7 heteroatoms. The largest absolute Gasteiger partial charge is 0.461 e. The Hall–Kier alpha value is -3.04. The molecule has 4 aromatic carbocycles. The van der Waals surface area contributed by atoms with E-state index in [0.717, 1.165) is 21.1 Å². The second kappa shape index (κ2) is 11.2. The normalized spacial score (nSPS) is 24.0. The van der Waals surface area contributed by atoms with Crippen LogP contribution in [-0.4, -0.2) is 60.9 Å². The number of hydrogen-bond acceptors (Lipinski definition) is 6. The van der Waals surface area contributed by atoms with Crippen molar-refractivity contribution in [1.29, 1.82) is 0 Å². The van der Waals surface area contributed by atoms with Crippen LogP contribution in [-0.2, 0) is 9.16 Å². The Kier molecular flexibility index (Phi) is 7.91. The predicted molar refractivity (Wildman–Crippen MR) is 155 cm³/mol. The van der Waals surface area contributed by atoms with Gasteiger partial charge in [-0.3, -0.25) is 0 Å². The molecule has 0 aliphatic carbocycles. The Balaban J connectivity index is 1.46. The molecular weight excluding hydrogens is 508 g/mol. The lowest BCUT2D eigenvalue weighted by molar-refractivity contribution is -0.276. The molecule has 5 rings (SSSR count). The van der Waals surface area contributed by atoms with Gasteiger partial charge in [0, 0.05) is 5.39 Å². The predicted octanol–water partition coefficient (Wildman–Crippen LogP) is 3.60. The van der Waals surface area contributed by atoms with Gasteiger partial charge in [-0.1, -0.05) is 118 Å². The van der Waals surface area contributed by atoms with E-state index < -0.39 is 39.0 Å². The summed E-state index contributed by atoms with van der Waals surface area (Å²) < 4.78 is 19.2. The molecule has 1 aliphatic rings. The Morgan fingerprint density at radius 2 is 1.26 bits per heavy atom. The third kappa shape index (κ3) is 5.26. The molecule has 1 aliphatic heterocycles.